The highest BCUT2D eigenvalue weighted by atomic mass is 18.2. The fourth-order valence-corrected chi connectivity index (χ4v) is 1.91. The summed E-state index contributed by atoms with van der Waals surface area (Å²) in [6, 6.07) is 9.75. The van der Waals surface area contributed by atoms with Crippen LogP contribution in [0.5, 0.6) is 5.75 Å². The number of hydrogen-bond donors (Lipinski definition) is 2. The first-order valence-corrected chi connectivity index (χ1v) is 5.74. The van der Waals surface area contributed by atoms with Gasteiger partial charge in [0.2, 0.25) is 5.95 Å². The number of halogens is 1. The Morgan fingerprint density at radius 2 is 2.05 bits per heavy atom. The van der Waals surface area contributed by atoms with E-state index in [9.17, 15) is 9.50 Å². The zero-order valence-electron chi connectivity index (χ0n) is 10.1. The summed E-state index contributed by atoms with van der Waals surface area (Å²) in [6.45, 7) is 0. The molecule has 0 bridgehead atoms. The molecule has 0 unspecified atom stereocenters. The monoisotopic (exact) mass is 257 g/mol. The molecule has 96 valence electrons. The topological polar surface area (TPSA) is 58.3 Å². The van der Waals surface area contributed by atoms with E-state index in [1.165, 1.54) is 6.07 Å². The van der Waals surface area contributed by atoms with Crippen molar-refractivity contribution in [2.75, 3.05) is 12.4 Å². The number of hydrogen-bond acceptors (Lipinski definition) is 4. The number of pyridine rings is 1. The maximum Gasteiger partial charge on any atom is 0.225 e. The van der Waals surface area contributed by atoms with E-state index in [1.807, 2.05) is 0 Å². The molecule has 1 aromatic carbocycles. The van der Waals surface area contributed by atoms with Gasteiger partial charge in [-0.05, 0) is 30.3 Å². The molecule has 4 nitrogen and oxygen atoms in total. The van der Waals surface area contributed by atoms with Gasteiger partial charge in [0.05, 0.1) is 5.56 Å². The van der Waals surface area contributed by atoms with E-state index in [0.717, 1.165) is 5.39 Å². The van der Waals surface area contributed by atoms with Gasteiger partial charge < -0.3 is 14.8 Å². The van der Waals surface area contributed by atoms with Crippen LogP contribution in [0, 0.1) is 5.95 Å². The third-order valence-corrected chi connectivity index (χ3v) is 2.87. The number of phenolic OH excluding ortho intramolecular Hbond substituents is 1. The summed E-state index contributed by atoms with van der Waals surface area (Å²) < 4.78 is 19.4. The number of furan rings is 1. The molecule has 0 aliphatic rings. The first-order chi connectivity index (χ1) is 9.17. The van der Waals surface area contributed by atoms with Crippen LogP contribution in [0.2, 0.25) is 0 Å². The normalized spacial score (nSPS) is 10.8. The van der Waals surface area contributed by atoms with Gasteiger partial charge in [-0.3, -0.25) is 0 Å². The first kappa shape index (κ1) is 11.5. The van der Waals surface area contributed by atoms with Crippen LogP contribution in [0.3, 0.4) is 0 Å². The zero-order chi connectivity index (χ0) is 13.4. The van der Waals surface area contributed by atoms with Crippen molar-refractivity contribution in [2.45, 2.75) is 0 Å². The number of aromatic hydroxyl groups is 1. The Kier molecular flexibility index (Phi) is 2.59. The van der Waals surface area contributed by atoms with Crippen molar-refractivity contribution < 1.29 is 13.9 Å². The lowest BCUT2D eigenvalue weighted by atomic mass is 10.2. The summed E-state index contributed by atoms with van der Waals surface area (Å²) in [4.78, 5) is 3.77. The van der Waals surface area contributed by atoms with Crippen molar-refractivity contribution >= 4 is 16.8 Å². The van der Waals surface area contributed by atoms with Crippen LogP contribution in [0.25, 0.3) is 22.3 Å². The summed E-state index contributed by atoms with van der Waals surface area (Å²) in [5.41, 5.74) is 0.793. The van der Waals surface area contributed by atoms with Crippen LogP contribution in [-0.2, 0) is 0 Å². The molecule has 2 N–H and O–H groups in total. The maximum absolute atomic E-state index is 13.9. The average Bonchev–Trinajstić information content (AvgIpc) is 2.81. The Balaban J connectivity index is 2.13. The zero-order valence-corrected chi connectivity index (χ0v) is 10.1. The van der Waals surface area contributed by atoms with Crippen molar-refractivity contribution in [3.05, 3.63) is 42.3 Å². The van der Waals surface area contributed by atoms with Crippen LogP contribution in [0.15, 0.2) is 40.8 Å². The van der Waals surface area contributed by atoms with E-state index < -0.39 is 5.95 Å². The summed E-state index contributed by atoms with van der Waals surface area (Å²) >= 11 is 0. The third kappa shape index (κ3) is 1.99. The Hall–Kier alpha value is -2.56. The minimum atomic E-state index is -0.602. The number of benzene rings is 1. The van der Waals surface area contributed by atoms with E-state index in [0.29, 0.717) is 17.2 Å². The van der Waals surface area contributed by atoms with E-state index >= 15 is 0 Å². The number of nitrogens with zero attached hydrogens (tertiary/aromatic N) is 1. The fraction of sp³-hybridized carbons (Fsp3) is 0.0714. The van der Waals surface area contributed by atoms with Gasteiger partial charge in [0.1, 0.15) is 22.9 Å². The summed E-state index contributed by atoms with van der Waals surface area (Å²) in [7, 11) is 1.67. The van der Waals surface area contributed by atoms with Gasteiger partial charge >= 0.3 is 0 Å². The second-order valence-corrected chi connectivity index (χ2v) is 4.12. The molecule has 0 saturated heterocycles. The molecule has 0 aliphatic carbocycles. The van der Waals surface area contributed by atoms with Crippen molar-refractivity contribution in [3.63, 3.8) is 0 Å². The van der Waals surface area contributed by atoms with Gasteiger partial charge in [-0.2, -0.15) is 4.39 Å². The summed E-state index contributed by atoms with van der Waals surface area (Å²) in [5, 5.41) is 12.9. The van der Waals surface area contributed by atoms with Crippen LogP contribution in [0.4, 0.5) is 10.2 Å². The van der Waals surface area contributed by atoms with Crippen LogP contribution >= 0.6 is 0 Å². The minimum Gasteiger partial charge on any atom is -0.508 e. The predicted molar refractivity (Wildman–Crippen MR) is 70.6 cm³/mol. The number of phenols is 1. The van der Waals surface area contributed by atoms with Gasteiger partial charge in [-0.1, -0.05) is 0 Å². The van der Waals surface area contributed by atoms with Crippen molar-refractivity contribution in [3.8, 4) is 17.1 Å². The smallest absolute Gasteiger partial charge is 0.225 e. The number of aromatic nitrogens is 1. The van der Waals surface area contributed by atoms with Gasteiger partial charge in [0.15, 0.2) is 0 Å². The predicted octanol–water partition coefficient (Wildman–Crippen LogP) is 3.38. The molecule has 2 aromatic heterocycles. The van der Waals surface area contributed by atoms with Crippen molar-refractivity contribution in [1.29, 1.82) is 0 Å². The highest BCUT2D eigenvalue weighted by molar-refractivity contribution is 5.83. The fourth-order valence-electron chi connectivity index (χ4n) is 1.91. The average molecular weight is 257 g/mol. The number of fused-ring (bicyclic) bond motifs is 1. The Morgan fingerprint density at radius 1 is 1.21 bits per heavy atom. The molecule has 2 heterocycles. The molecule has 0 spiro atoms. The number of anilines is 1. The molecule has 19 heavy (non-hydrogen) atoms. The molecule has 0 fully saturated rings. The molecule has 0 atom stereocenters. The molecule has 0 radical (unpaired) electrons. The van der Waals surface area contributed by atoms with E-state index in [4.69, 9.17) is 4.42 Å². The largest absolute Gasteiger partial charge is 0.508 e. The molecular formula is C14H11FN2O2. The Bertz CT molecular complexity index is 752. The highest BCUT2D eigenvalue weighted by Crippen LogP contribution is 2.31. The molecule has 0 saturated carbocycles. The molecule has 0 amide bonds. The van der Waals surface area contributed by atoms with Gasteiger partial charge in [0.25, 0.3) is 0 Å². The van der Waals surface area contributed by atoms with Crippen molar-refractivity contribution in [2.24, 2.45) is 0 Å². The van der Waals surface area contributed by atoms with Gasteiger partial charge in [0, 0.05) is 18.5 Å². The third-order valence-electron chi connectivity index (χ3n) is 2.87. The second-order valence-electron chi connectivity index (χ2n) is 4.12. The standard InChI is InChI=1S/C14H11FN2O2/c1-16-13-5-4-10(14(15)17-13)12-6-8-2-3-9(18)7-11(8)19-12/h2-7,18H,1H3,(H,16,17)/i15-1. The molecule has 0 aliphatic heterocycles. The van der Waals surface area contributed by atoms with Gasteiger partial charge in [-0.15, -0.1) is 0 Å². The van der Waals surface area contributed by atoms with Crippen LogP contribution < -0.4 is 5.32 Å². The quantitative estimate of drug-likeness (QED) is 0.691. The first-order valence-electron chi connectivity index (χ1n) is 5.74. The van der Waals surface area contributed by atoms with E-state index in [1.54, 1.807) is 37.4 Å². The summed E-state index contributed by atoms with van der Waals surface area (Å²) in [5.74, 6) is 0.343. The maximum atomic E-state index is 13.9. The Morgan fingerprint density at radius 3 is 2.79 bits per heavy atom. The van der Waals surface area contributed by atoms with Crippen LogP contribution in [-0.4, -0.2) is 17.1 Å². The van der Waals surface area contributed by atoms with E-state index in [2.05, 4.69) is 10.3 Å². The number of nitrogens with one attached hydrogen (secondary N) is 1. The second kappa shape index (κ2) is 4.28. The Labute approximate surface area is 108 Å². The SMILES string of the molecule is CNc1ccc(-c2cc3ccc(O)cc3o2)c([18F])n1. The van der Waals surface area contributed by atoms with Crippen molar-refractivity contribution in [1.82, 2.24) is 4.98 Å². The lowest BCUT2D eigenvalue weighted by molar-refractivity contribution is 0.474. The molecule has 3 aromatic rings. The summed E-state index contributed by atoms with van der Waals surface area (Å²) in [6.07, 6.45) is 0. The number of rotatable bonds is 2. The minimum absolute atomic E-state index is 0.109. The van der Waals surface area contributed by atoms with Gasteiger partial charge in [-0.25, -0.2) is 4.98 Å². The van der Waals surface area contributed by atoms with E-state index in [-0.39, 0.29) is 11.3 Å². The molecule has 3 rings (SSSR count). The molecule has 5 heteroatoms. The highest BCUT2D eigenvalue weighted by Gasteiger charge is 2.12. The molecular weight excluding hydrogens is 246 g/mol. The van der Waals surface area contributed by atoms with Crippen LogP contribution in [0.1, 0.15) is 0 Å². The lowest BCUT2D eigenvalue weighted by Crippen LogP contribution is -1.95. The lowest BCUT2D eigenvalue weighted by Gasteiger charge is -2.02.